The molecule has 2 N–H and O–H groups in total. The van der Waals surface area contributed by atoms with Crippen molar-refractivity contribution in [1.29, 1.82) is 0 Å². The number of nitrogens with two attached hydrogens (primary N) is 1. The molecule has 13 heavy (non-hydrogen) atoms. The van der Waals surface area contributed by atoms with Crippen LogP contribution in [0.15, 0.2) is 0 Å². The molecule has 76 valence electrons. The normalized spacial score (nSPS) is 25.9. The Labute approximate surface area is 79.0 Å². The summed E-state index contributed by atoms with van der Waals surface area (Å²) >= 11 is 0. The maximum Gasteiger partial charge on any atom is 0.247 e. The fourth-order valence-corrected chi connectivity index (χ4v) is 1.43. The molecule has 1 rings (SSSR count). The molecule has 1 amide bonds. The zero-order chi connectivity index (χ0) is 10.1. The summed E-state index contributed by atoms with van der Waals surface area (Å²) < 4.78 is 5.25. The maximum absolute atomic E-state index is 10.9. The van der Waals surface area contributed by atoms with Gasteiger partial charge in [-0.2, -0.15) is 0 Å². The number of rotatable bonds is 1. The zero-order valence-electron chi connectivity index (χ0n) is 8.54. The second-order valence-electron chi connectivity index (χ2n) is 4.38. The summed E-state index contributed by atoms with van der Waals surface area (Å²) in [4.78, 5) is 13.1. The van der Waals surface area contributed by atoms with Gasteiger partial charge in [-0.1, -0.05) is 0 Å². The van der Waals surface area contributed by atoms with Gasteiger partial charge in [0.05, 0.1) is 6.61 Å². The Morgan fingerprint density at radius 1 is 1.54 bits per heavy atom. The average Bonchev–Trinajstić information content (AvgIpc) is 2.03. The Balaban J connectivity index is 2.57. The third-order valence-electron chi connectivity index (χ3n) is 2.33. The van der Waals surface area contributed by atoms with Crippen molar-refractivity contribution in [1.82, 2.24) is 4.90 Å². The molecule has 0 aromatic rings. The molecule has 0 aliphatic carbocycles. The minimum Gasteiger partial charge on any atom is -0.367 e. The summed E-state index contributed by atoms with van der Waals surface area (Å²) in [6, 6.07) is 0. The van der Waals surface area contributed by atoms with Gasteiger partial charge in [0.25, 0.3) is 0 Å². The second kappa shape index (κ2) is 3.64. The number of primary amides is 1. The van der Waals surface area contributed by atoms with Gasteiger partial charge in [0.15, 0.2) is 0 Å². The number of hydrogen-bond acceptors (Lipinski definition) is 3. The lowest BCUT2D eigenvalue weighted by Gasteiger charge is -2.40. The van der Waals surface area contributed by atoms with Crippen LogP contribution >= 0.6 is 0 Å². The van der Waals surface area contributed by atoms with Crippen LogP contribution < -0.4 is 5.73 Å². The summed E-state index contributed by atoms with van der Waals surface area (Å²) in [5, 5.41) is 0. The van der Waals surface area contributed by atoms with E-state index in [1.807, 2.05) is 0 Å². The van der Waals surface area contributed by atoms with Crippen LogP contribution in [-0.4, -0.2) is 42.1 Å². The lowest BCUT2D eigenvalue weighted by Crippen LogP contribution is -2.54. The summed E-state index contributed by atoms with van der Waals surface area (Å²) in [6.07, 6.45) is -0.437. The van der Waals surface area contributed by atoms with Gasteiger partial charge in [-0.25, -0.2) is 0 Å². The summed E-state index contributed by atoms with van der Waals surface area (Å²) in [7, 11) is 0. The van der Waals surface area contributed by atoms with Crippen LogP contribution in [0.2, 0.25) is 0 Å². The SMILES string of the molecule is CC(C)(C)N1CCO[C@H](C(N)=O)C1. The van der Waals surface area contributed by atoms with E-state index >= 15 is 0 Å². The van der Waals surface area contributed by atoms with Crippen molar-refractivity contribution in [3.05, 3.63) is 0 Å². The fourth-order valence-electron chi connectivity index (χ4n) is 1.43. The number of carbonyl (C=O) groups is 1. The molecule has 1 saturated heterocycles. The molecular formula is C9H18N2O2. The van der Waals surface area contributed by atoms with Gasteiger partial charge < -0.3 is 10.5 Å². The van der Waals surface area contributed by atoms with Gasteiger partial charge in [0.1, 0.15) is 6.10 Å². The summed E-state index contributed by atoms with van der Waals surface area (Å²) in [5.41, 5.74) is 5.26. The van der Waals surface area contributed by atoms with E-state index in [1.165, 1.54) is 0 Å². The smallest absolute Gasteiger partial charge is 0.247 e. The largest absolute Gasteiger partial charge is 0.367 e. The number of carbonyl (C=O) groups excluding carboxylic acids is 1. The van der Waals surface area contributed by atoms with E-state index in [0.717, 1.165) is 6.54 Å². The Morgan fingerprint density at radius 3 is 2.62 bits per heavy atom. The monoisotopic (exact) mass is 186 g/mol. The highest BCUT2D eigenvalue weighted by Gasteiger charge is 2.30. The lowest BCUT2D eigenvalue weighted by atomic mass is 10.0. The van der Waals surface area contributed by atoms with Crippen molar-refractivity contribution in [3.63, 3.8) is 0 Å². The first kappa shape index (κ1) is 10.5. The van der Waals surface area contributed by atoms with E-state index < -0.39 is 6.10 Å². The van der Waals surface area contributed by atoms with E-state index in [4.69, 9.17) is 10.5 Å². The maximum atomic E-state index is 10.9. The molecule has 0 aromatic carbocycles. The van der Waals surface area contributed by atoms with Crippen molar-refractivity contribution in [2.24, 2.45) is 5.73 Å². The van der Waals surface area contributed by atoms with E-state index in [0.29, 0.717) is 13.2 Å². The van der Waals surface area contributed by atoms with Crippen molar-refractivity contribution in [2.75, 3.05) is 19.7 Å². The molecule has 4 nitrogen and oxygen atoms in total. The van der Waals surface area contributed by atoms with Crippen molar-refractivity contribution >= 4 is 5.91 Å². The number of amides is 1. The molecule has 0 unspecified atom stereocenters. The van der Waals surface area contributed by atoms with Crippen LogP contribution in [0.1, 0.15) is 20.8 Å². The van der Waals surface area contributed by atoms with Gasteiger partial charge in [-0.3, -0.25) is 9.69 Å². The predicted octanol–water partition coefficient (Wildman–Crippen LogP) is -0.0290. The molecule has 4 heteroatoms. The van der Waals surface area contributed by atoms with E-state index in [1.54, 1.807) is 0 Å². The van der Waals surface area contributed by atoms with Gasteiger partial charge in [-0.15, -0.1) is 0 Å². The fraction of sp³-hybridized carbons (Fsp3) is 0.889. The van der Waals surface area contributed by atoms with Gasteiger partial charge >= 0.3 is 0 Å². The van der Waals surface area contributed by atoms with E-state index in [9.17, 15) is 4.79 Å². The molecular weight excluding hydrogens is 168 g/mol. The van der Waals surface area contributed by atoms with Crippen LogP contribution in [0.25, 0.3) is 0 Å². The number of hydrogen-bond donors (Lipinski definition) is 1. The second-order valence-corrected chi connectivity index (χ2v) is 4.38. The molecule has 1 fully saturated rings. The molecule has 0 radical (unpaired) electrons. The molecule has 0 spiro atoms. The Bertz CT molecular complexity index is 198. The Hall–Kier alpha value is -0.610. The minimum absolute atomic E-state index is 0.0808. The van der Waals surface area contributed by atoms with E-state index in [2.05, 4.69) is 25.7 Å². The van der Waals surface area contributed by atoms with Crippen LogP contribution in [-0.2, 0) is 9.53 Å². The minimum atomic E-state index is -0.437. The molecule has 0 aromatic heterocycles. The van der Waals surface area contributed by atoms with Crippen LogP contribution in [0.3, 0.4) is 0 Å². The molecule has 1 atom stereocenters. The molecule has 1 aliphatic heterocycles. The highest BCUT2D eigenvalue weighted by Crippen LogP contribution is 2.17. The van der Waals surface area contributed by atoms with Crippen LogP contribution in [0.5, 0.6) is 0 Å². The number of nitrogens with zero attached hydrogens (tertiary/aromatic N) is 1. The third-order valence-corrected chi connectivity index (χ3v) is 2.33. The topological polar surface area (TPSA) is 55.6 Å². The molecule has 1 aliphatic rings. The first-order valence-electron chi connectivity index (χ1n) is 4.57. The molecule has 0 bridgehead atoms. The van der Waals surface area contributed by atoms with Crippen LogP contribution in [0.4, 0.5) is 0 Å². The first-order chi connectivity index (χ1) is 5.91. The number of morpholine rings is 1. The van der Waals surface area contributed by atoms with Crippen LogP contribution in [0, 0.1) is 0 Å². The highest BCUT2D eigenvalue weighted by atomic mass is 16.5. The zero-order valence-corrected chi connectivity index (χ0v) is 8.54. The molecule has 0 saturated carbocycles. The quantitative estimate of drug-likeness (QED) is 0.625. The van der Waals surface area contributed by atoms with Gasteiger partial charge in [0, 0.05) is 18.6 Å². The van der Waals surface area contributed by atoms with Crippen molar-refractivity contribution in [3.8, 4) is 0 Å². The highest BCUT2D eigenvalue weighted by molar-refractivity contribution is 5.79. The van der Waals surface area contributed by atoms with Gasteiger partial charge in [-0.05, 0) is 20.8 Å². The summed E-state index contributed by atoms with van der Waals surface area (Å²) in [5.74, 6) is -0.367. The predicted molar refractivity (Wildman–Crippen MR) is 50.3 cm³/mol. The first-order valence-corrected chi connectivity index (χ1v) is 4.57. The molecule has 1 heterocycles. The van der Waals surface area contributed by atoms with Crippen molar-refractivity contribution < 1.29 is 9.53 Å². The standard InChI is InChI=1S/C9H18N2O2/c1-9(2,3)11-4-5-13-7(6-11)8(10)12/h7H,4-6H2,1-3H3,(H2,10,12)/t7-/m0/s1. The van der Waals surface area contributed by atoms with Crippen molar-refractivity contribution in [2.45, 2.75) is 32.4 Å². The summed E-state index contributed by atoms with van der Waals surface area (Å²) in [6.45, 7) is 8.43. The Morgan fingerprint density at radius 2 is 2.15 bits per heavy atom. The third kappa shape index (κ3) is 2.67. The number of ether oxygens (including phenoxy) is 1. The average molecular weight is 186 g/mol. The lowest BCUT2D eigenvalue weighted by molar-refractivity contribution is -0.137. The van der Waals surface area contributed by atoms with E-state index in [-0.39, 0.29) is 11.4 Å². The van der Waals surface area contributed by atoms with Gasteiger partial charge in [0.2, 0.25) is 5.91 Å². The Kier molecular flexibility index (Phi) is 2.93.